The molecule has 1 N–H and O–H groups in total. The lowest BCUT2D eigenvalue weighted by Gasteiger charge is -2.06. The van der Waals surface area contributed by atoms with Gasteiger partial charge in [0, 0.05) is 29.8 Å². The molecule has 8 heteroatoms. The highest BCUT2D eigenvalue weighted by Gasteiger charge is 2.12. The summed E-state index contributed by atoms with van der Waals surface area (Å²) in [5.74, 6) is 1.01. The minimum absolute atomic E-state index is 0.178. The Bertz CT molecular complexity index is 891. The number of benzene rings is 1. The van der Waals surface area contributed by atoms with Crippen molar-refractivity contribution < 1.29 is 13.9 Å². The first kappa shape index (κ1) is 17.6. The number of ether oxygens (including phenoxy) is 1. The molecular formula is C17H15BrClN3O3. The van der Waals surface area contributed by atoms with Crippen LogP contribution in [-0.4, -0.2) is 15.7 Å². The van der Waals surface area contributed by atoms with E-state index in [0.717, 1.165) is 10.0 Å². The molecule has 0 fully saturated rings. The van der Waals surface area contributed by atoms with Crippen LogP contribution in [0.5, 0.6) is 5.75 Å². The smallest absolute Gasteiger partial charge is 0.287 e. The second-order valence-corrected chi connectivity index (χ2v) is 6.66. The number of aryl methyl sites for hydroxylation is 1. The fraction of sp³-hybridized carbons (Fsp3) is 0.176. The molecule has 0 spiro atoms. The Morgan fingerprint density at radius 3 is 2.96 bits per heavy atom. The number of aromatic nitrogens is 2. The standard InChI is InChI=1S/C17H15BrClN3O3/c1-22-9-11(8-21-22)7-20-17(23)16-5-3-13(25-16)10-24-15-4-2-12(18)6-14(15)19/h2-6,8-9H,7,10H2,1H3,(H,20,23). The van der Waals surface area contributed by atoms with Crippen LogP contribution in [0, 0.1) is 0 Å². The maximum absolute atomic E-state index is 12.1. The molecule has 0 unspecified atom stereocenters. The molecule has 0 aliphatic rings. The number of rotatable bonds is 6. The number of nitrogens with zero attached hydrogens (tertiary/aromatic N) is 2. The normalized spacial score (nSPS) is 10.7. The van der Waals surface area contributed by atoms with Crippen molar-refractivity contribution in [3.05, 3.63) is 69.3 Å². The van der Waals surface area contributed by atoms with Gasteiger partial charge in [-0.25, -0.2) is 0 Å². The van der Waals surface area contributed by atoms with Crippen molar-refractivity contribution in [2.75, 3.05) is 0 Å². The van der Waals surface area contributed by atoms with Gasteiger partial charge in [-0.1, -0.05) is 27.5 Å². The molecule has 0 aliphatic heterocycles. The minimum atomic E-state index is -0.295. The van der Waals surface area contributed by atoms with E-state index in [1.165, 1.54) is 0 Å². The lowest BCUT2D eigenvalue weighted by molar-refractivity contribution is 0.0919. The summed E-state index contributed by atoms with van der Waals surface area (Å²) in [4.78, 5) is 12.1. The second-order valence-electron chi connectivity index (χ2n) is 5.33. The van der Waals surface area contributed by atoms with E-state index in [-0.39, 0.29) is 18.3 Å². The van der Waals surface area contributed by atoms with E-state index in [2.05, 4.69) is 26.3 Å². The van der Waals surface area contributed by atoms with Gasteiger partial charge in [0.2, 0.25) is 0 Å². The monoisotopic (exact) mass is 423 g/mol. The molecule has 3 aromatic rings. The summed E-state index contributed by atoms with van der Waals surface area (Å²) in [5, 5.41) is 7.32. The topological polar surface area (TPSA) is 69.3 Å². The van der Waals surface area contributed by atoms with Crippen molar-refractivity contribution in [1.82, 2.24) is 15.1 Å². The molecule has 130 valence electrons. The lowest BCUT2D eigenvalue weighted by Crippen LogP contribution is -2.22. The Hall–Kier alpha value is -2.25. The third kappa shape index (κ3) is 4.64. The summed E-state index contributed by atoms with van der Waals surface area (Å²) in [7, 11) is 1.82. The average molecular weight is 425 g/mol. The number of carbonyl (C=O) groups excluding carboxylic acids is 1. The summed E-state index contributed by atoms with van der Waals surface area (Å²) in [6, 6.07) is 8.65. The Balaban J connectivity index is 1.55. The Morgan fingerprint density at radius 2 is 2.24 bits per heavy atom. The molecule has 1 amide bonds. The molecule has 0 aliphatic carbocycles. The molecule has 0 saturated carbocycles. The zero-order chi connectivity index (χ0) is 17.8. The SMILES string of the molecule is Cn1cc(CNC(=O)c2ccc(COc3ccc(Br)cc3Cl)o2)cn1. The highest BCUT2D eigenvalue weighted by Crippen LogP contribution is 2.28. The first-order valence-corrected chi connectivity index (χ1v) is 8.60. The maximum Gasteiger partial charge on any atom is 0.287 e. The summed E-state index contributed by atoms with van der Waals surface area (Å²) < 4.78 is 13.7. The van der Waals surface area contributed by atoms with Gasteiger partial charge in [0.05, 0.1) is 11.2 Å². The van der Waals surface area contributed by atoms with E-state index in [4.69, 9.17) is 20.8 Å². The van der Waals surface area contributed by atoms with Crippen LogP contribution in [0.2, 0.25) is 5.02 Å². The van der Waals surface area contributed by atoms with Crippen LogP contribution in [0.15, 0.2) is 51.6 Å². The molecule has 3 rings (SSSR count). The van der Waals surface area contributed by atoms with Gasteiger partial charge in [-0.15, -0.1) is 0 Å². The quantitative estimate of drug-likeness (QED) is 0.651. The number of amides is 1. The fourth-order valence-corrected chi connectivity index (χ4v) is 2.88. The van der Waals surface area contributed by atoms with Gasteiger partial charge in [-0.2, -0.15) is 5.10 Å². The highest BCUT2D eigenvalue weighted by atomic mass is 79.9. The van der Waals surface area contributed by atoms with Gasteiger partial charge < -0.3 is 14.5 Å². The molecule has 1 aromatic carbocycles. The summed E-state index contributed by atoms with van der Waals surface area (Å²) in [6.07, 6.45) is 3.54. The van der Waals surface area contributed by atoms with E-state index in [9.17, 15) is 4.79 Å². The van der Waals surface area contributed by atoms with Crippen LogP contribution in [0.25, 0.3) is 0 Å². The van der Waals surface area contributed by atoms with E-state index >= 15 is 0 Å². The molecule has 0 atom stereocenters. The number of halogens is 2. The molecule has 0 bridgehead atoms. The van der Waals surface area contributed by atoms with Crippen molar-refractivity contribution in [3.8, 4) is 5.75 Å². The van der Waals surface area contributed by atoms with Crippen LogP contribution in [0.1, 0.15) is 21.9 Å². The molecule has 2 aromatic heterocycles. The number of furan rings is 1. The van der Waals surface area contributed by atoms with Crippen LogP contribution < -0.4 is 10.1 Å². The van der Waals surface area contributed by atoms with Crippen LogP contribution in [0.3, 0.4) is 0 Å². The van der Waals surface area contributed by atoms with Crippen molar-refractivity contribution in [2.24, 2.45) is 7.05 Å². The van der Waals surface area contributed by atoms with Gasteiger partial charge >= 0.3 is 0 Å². The molecule has 2 heterocycles. The fourth-order valence-electron chi connectivity index (χ4n) is 2.15. The van der Waals surface area contributed by atoms with Crippen molar-refractivity contribution in [3.63, 3.8) is 0 Å². The number of carbonyl (C=O) groups is 1. The molecule has 0 radical (unpaired) electrons. The number of nitrogens with one attached hydrogen (secondary N) is 1. The van der Waals surface area contributed by atoms with Crippen LogP contribution in [0.4, 0.5) is 0 Å². The largest absolute Gasteiger partial charge is 0.484 e. The Kier molecular flexibility index (Phi) is 5.45. The molecule has 25 heavy (non-hydrogen) atoms. The van der Waals surface area contributed by atoms with E-state index in [0.29, 0.717) is 23.1 Å². The predicted octanol–water partition coefficient (Wildman–Crippen LogP) is 3.94. The summed E-state index contributed by atoms with van der Waals surface area (Å²) >= 11 is 9.43. The van der Waals surface area contributed by atoms with Gasteiger partial charge in [-0.3, -0.25) is 9.48 Å². The Labute approximate surface area is 157 Å². The van der Waals surface area contributed by atoms with E-state index in [1.807, 2.05) is 19.3 Å². The first-order chi connectivity index (χ1) is 12.0. The third-order valence-corrected chi connectivity index (χ3v) is 4.15. The van der Waals surface area contributed by atoms with Gasteiger partial charge in [0.15, 0.2) is 5.76 Å². The molecule has 0 saturated heterocycles. The zero-order valence-corrected chi connectivity index (χ0v) is 15.7. The maximum atomic E-state index is 12.1. The minimum Gasteiger partial charge on any atom is -0.484 e. The number of hydrogen-bond donors (Lipinski definition) is 1. The van der Waals surface area contributed by atoms with Gasteiger partial charge in [-0.05, 0) is 30.3 Å². The lowest BCUT2D eigenvalue weighted by atomic mass is 10.3. The third-order valence-electron chi connectivity index (χ3n) is 3.36. The molecular weight excluding hydrogens is 410 g/mol. The van der Waals surface area contributed by atoms with Crippen molar-refractivity contribution >= 4 is 33.4 Å². The predicted molar refractivity (Wildman–Crippen MR) is 96.6 cm³/mol. The zero-order valence-electron chi connectivity index (χ0n) is 13.3. The van der Waals surface area contributed by atoms with Gasteiger partial charge in [0.1, 0.15) is 18.1 Å². The van der Waals surface area contributed by atoms with Crippen molar-refractivity contribution in [1.29, 1.82) is 0 Å². The van der Waals surface area contributed by atoms with E-state index < -0.39 is 0 Å². The number of hydrogen-bond acceptors (Lipinski definition) is 4. The molecule has 6 nitrogen and oxygen atoms in total. The average Bonchev–Trinajstić information content (AvgIpc) is 3.21. The van der Waals surface area contributed by atoms with Crippen molar-refractivity contribution in [2.45, 2.75) is 13.2 Å². The first-order valence-electron chi connectivity index (χ1n) is 7.43. The Morgan fingerprint density at radius 1 is 1.40 bits per heavy atom. The summed E-state index contributed by atoms with van der Waals surface area (Å²) in [5.41, 5.74) is 0.913. The highest BCUT2D eigenvalue weighted by molar-refractivity contribution is 9.10. The van der Waals surface area contributed by atoms with Gasteiger partial charge in [0.25, 0.3) is 5.91 Å². The van der Waals surface area contributed by atoms with Crippen LogP contribution >= 0.6 is 27.5 Å². The second kappa shape index (κ2) is 7.76. The van der Waals surface area contributed by atoms with Crippen LogP contribution in [-0.2, 0) is 20.2 Å². The van der Waals surface area contributed by atoms with E-state index in [1.54, 1.807) is 35.1 Å². The summed E-state index contributed by atoms with van der Waals surface area (Å²) in [6.45, 7) is 0.560.